The first kappa shape index (κ1) is 13.8. The van der Waals surface area contributed by atoms with Crippen LogP contribution in [0.5, 0.6) is 0 Å². The summed E-state index contributed by atoms with van der Waals surface area (Å²) in [6, 6.07) is 9.03. The molecule has 19 heavy (non-hydrogen) atoms. The molecule has 2 rings (SSSR count). The molecule has 0 fully saturated rings. The van der Waals surface area contributed by atoms with Crippen molar-refractivity contribution in [2.75, 3.05) is 6.54 Å². The van der Waals surface area contributed by atoms with Crippen LogP contribution < -0.4 is 5.32 Å². The molecular formula is C16H23N3. The lowest BCUT2D eigenvalue weighted by molar-refractivity contribution is 0.504. The number of nitrogens with one attached hydrogen (secondary N) is 1. The Bertz CT molecular complexity index is 516. The smallest absolute Gasteiger partial charge is 0.108 e. The van der Waals surface area contributed by atoms with E-state index >= 15 is 0 Å². The van der Waals surface area contributed by atoms with Crippen LogP contribution in [-0.4, -0.2) is 16.1 Å². The Kier molecular flexibility index (Phi) is 4.74. The maximum absolute atomic E-state index is 4.40. The zero-order valence-corrected chi connectivity index (χ0v) is 12.1. The van der Waals surface area contributed by atoms with Gasteiger partial charge < -0.3 is 9.88 Å². The molecule has 0 amide bonds. The van der Waals surface area contributed by atoms with Crippen LogP contribution in [0.1, 0.15) is 36.3 Å². The summed E-state index contributed by atoms with van der Waals surface area (Å²) >= 11 is 0. The molecule has 2 aromatic rings. The van der Waals surface area contributed by atoms with Gasteiger partial charge in [-0.2, -0.15) is 0 Å². The summed E-state index contributed by atoms with van der Waals surface area (Å²) in [5.41, 5.74) is 2.76. The number of rotatable bonds is 6. The van der Waals surface area contributed by atoms with Crippen LogP contribution in [0.3, 0.4) is 0 Å². The zero-order valence-electron chi connectivity index (χ0n) is 12.1. The third-order valence-corrected chi connectivity index (χ3v) is 3.59. The van der Waals surface area contributed by atoms with E-state index in [4.69, 9.17) is 0 Å². The Labute approximate surface area is 115 Å². The van der Waals surface area contributed by atoms with E-state index in [2.05, 4.69) is 60.0 Å². The van der Waals surface area contributed by atoms with Crippen LogP contribution in [-0.2, 0) is 13.5 Å². The Morgan fingerprint density at radius 1 is 1.32 bits per heavy atom. The predicted octanol–water partition coefficient (Wildman–Crippen LogP) is 3.01. The number of benzene rings is 1. The molecule has 0 radical (unpaired) electrons. The molecule has 1 aromatic carbocycles. The molecule has 0 saturated heterocycles. The molecule has 0 bridgehead atoms. The molecule has 0 aliphatic heterocycles. The standard InChI is InChI=1S/C16H23N3/c1-4-17-15(14-8-6-5-7-13(14)2)9-10-16-18-11-12-19(16)3/h5-8,11-12,15,17H,4,9-10H2,1-3H3. The predicted molar refractivity (Wildman–Crippen MR) is 79.1 cm³/mol. The molecular weight excluding hydrogens is 234 g/mol. The molecule has 1 atom stereocenters. The van der Waals surface area contributed by atoms with Gasteiger partial charge in [-0.1, -0.05) is 31.2 Å². The molecule has 1 aromatic heterocycles. The summed E-state index contributed by atoms with van der Waals surface area (Å²) in [5, 5.41) is 3.58. The minimum absolute atomic E-state index is 0.405. The number of imidazole rings is 1. The van der Waals surface area contributed by atoms with Crippen molar-refractivity contribution in [1.82, 2.24) is 14.9 Å². The van der Waals surface area contributed by atoms with E-state index in [-0.39, 0.29) is 0 Å². The van der Waals surface area contributed by atoms with Gasteiger partial charge >= 0.3 is 0 Å². The number of hydrogen-bond donors (Lipinski definition) is 1. The van der Waals surface area contributed by atoms with E-state index in [1.165, 1.54) is 11.1 Å². The summed E-state index contributed by atoms with van der Waals surface area (Å²) in [7, 11) is 2.05. The van der Waals surface area contributed by atoms with Crippen LogP contribution in [0.2, 0.25) is 0 Å². The third-order valence-electron chi connectivity index (χ3n) is 3.59. The number of nitrogens with zero attached hydrogens (tertiary/aromatic N) is 2. The fourth-order valence-electron chi connectivity index (χ4n) is 2.50. The SMILES string of the molecule is CCNC(CCc1nccn1C)c1ccccc1C. The van der Waals surface area contributed by atoms with Gasteiger partial charge in [0.1, 0.15) is 5.82 Å². The molecule has 1 N–H and O–H groups in total. The molecule has 1 heterocycles. The van der Waals surface area contributed by atoms with E-state index in [1.807, 2.05) is 12.4 Å². The second-order valence-electron chi connectivity index (χ2n) is 4.96. The maximum atomic E-state index is 4.40. The number of aryl methyl sites for hydroxylation is 3. The van der Waals surface area contributed by atoms with E-state index in [9.17, 15) is 0 Å². The monoisotopic (exact) mass is 257 g/mol. The lowest BCUT2D eigenvalue weighted by Gasteiger charge is -2.20. The highest BCUT2D eigenvalue weighted by Gasteiger charge is 2.13. The summed E-state index contributed by atoms with van der Waals surface area (Å²) in [6.45, 7) is 5.33. The first-order valence-electron chi connectivity index (χ1n) is 6.97. The fraction of sp³-hybridized carbons (Fsp3) is 0.438. The molecule has 0 aliphatic rings. The summed E-state index contributed by atoms with van der Waals surface area (Å²) in [5.74, 6) is 1.15. The van der Waals surface area contributed by atoms with Crippen molar-refractivity contribution in [3.8, 4) is 0 Å². The van der Waals surface area contributed by atoms with Gasteiger partial charge in [-0.25, -0.2) is 4.98 Å². The van der Waals surface area contributed by atoms with Gasteiger partial charge in [-0.05, 0) is 31.0 Å². The topological polar surface area (TPSA) is 29.9 Å². The van der Waals surface area contributed by atoms with Gasteiger partial charge in [-0.3, -0.25) is 0 Å². The van der Waals surface area contributed by atoms with Crippen LogP contribution in [0, 0.1) is 6.92 Å². The number of hydrogen-bond acceptors (Lipinski definition) is 2. The second-order valence-corrected chi connectivity index (χ2v) is 4.96. The summed E-state index contributed by atoms with van der Waals surface area (Å²) in [4.78, 5) is 4.40. The van der Waals surface area contributed by atoms with Gasteiger partial charge in [0.2, 0.25) is 0 Å². The Morgan fingerprint density at radius 3 is 2.74 bits per heavy atom. The van der Waals surface area contributed by atoms with Crippen LogP contribution in [0.15, 0.2) is 36.7 Å². The van der Waals surface area contributed by atoms with Crippen molar-refractivity contribution in [2.45, 2.75) is 32.7 Å². The van der Waals surface area contributed by atoms with E-state index in [0.717, 1.165) is 25.2 Å². The van der Waals surface area contributed by atoms with Crippen LogP contribution in [0.4, 0.5) is 0 Å². The lowest BCUT2D eigenvalue weighted by atomic mass is 9.97. The third kappa shape index (κ3) is 3.44. The largest absolute Gasteiger partial charge is 0.338 e. The fourth-order valence-corrected chi connectivity index (χ4v) is 2.50. The molecule has 0 aliphatic carbocycles. The molecule has 1 unspecified atom stereocenters. The van der Waals surface area contributed by atoms with Crippen molar-refractivity contribution >= 4 is 0 Å². The molecule has 0 saturated carbocycles. The highest BCUT2D eigenvalue weighted by molar-refractivity contribution is 5.28. The summed E-state index contributed by atoms with van der Waals surface area (Å²) < 4.78 is 2.10. The minimum Gasteiger partial charge on any atom is -0.338 e. The van der Waals surface area contributed by atoms with Crippen LogP contribution in [0.25, 0.3) is 0 Å². The van der Waals surface area contributed by atoms with Crippen molar-refractivity contribution in [3.63, 3.8) is 0 Å². The van der Waals surface area contributed by atoms with Crippen molar-refractivity contribution in [3.05, 3.63) is 53.6 Å². The average molecular weight is 257 g/mol. The maximum Gasteiger partial charge on any atom is 0.108 e. The quantitative estimate of drug-likeness (QED) is 0.862. The van der Waals surface area contributed by atoms with Crippen LogP contribution >= 0.6 is 0 Å². The van der Waals surface area contributed by atoms with Gasteiger partial charge in [0.25, 0.3) is 0 Å². The normalized spacial score (nSPS) is 12.6. The van der Waals surface area contributed by atoms with E-state index < -0.39 is 0 Å². The Morgan fingerprint density at radius 2 is 2.11 bits per heavy atom. The number of aromatic nitrogens is 2. The summed E-state index contributed by atoms with van der Waals surface area (Å²) in [6.07, 6.45) is 5.94. The van der Waals surface area contributed by atoms with Gasteiger partial charge in [0.05, 0.1) is 0 Å². The zero-order chi connectivity index (χ0) is 13.7. The van der Waals surface area contributed by atoms with Gasteiger partial charge in [-0.15, -0.1) is 0 Å². The molecule has 3 nitrogen and oxygen atoms in total. The molecule has 102 valence electrons. The molecule has 0 spiro atoms. The van der Waals surface area contributed by atoms with Crippen molar-refractivity contribution in [1.29, 1.82) is 0 Å². The second kappa shape index (κ2) is 6.53. The first-order valence-corrected chi connectivity index (χ1v) is 6.97. The molecule has 3 heteroatoms. The highest BCUT2D eigenvalue weighted by Crippen LogP contribution is 2.22. The lowest BCUT2D eigenvalue weighted by Crippen LogP contribution is -2.22. The Hall–Kier alpha value is -1.61. The van der Waals surface area contributed by atoms with Gasteiger partial charge in [0, 0.05) is 31.9 Å². The average Bonchev–Trinajstić information content (AvgIpc) is 2.81. The van der Waals surface area contributed by atoms with E-state index in [0.29, 0.717) is 6.04 Å². The van der Waals surface area contributed by atoms with E-state index in [1.54, 1.807) is 0 Å². The Balaban J connectivity index is 2.09. The first-order chi connectivity index (χ1) is 9.22. The minimum atomic E-state index is 0.405. The van der Waals surface area contributed by atoms with Crippen molar-refractivity contribution < 1.29 is 0 Å². The van der Waals surface area contributed by atoms with Crippen molar-refractivity contribution in [2.24, 2.45) is 7.05 Å². The van der Waals surface area contributed by atoms with Gasteiger partial charge in [0.15, 0.2) is 0 Å². The highest BCUT2D eigenvalue weighted by atomic mass is 15.0.